The van der Waals surface area contributed by atoms with Crippen molar-refractivity contribution < 1.29 is 9.21 Å². The molecular formula is C12H17NO2. The van der Waals surface area contributed by atoms with Crippen molar-refractivity contribution in [3.63, 3.8) is 0 Å². The molecule has 0 aliphatic carbocycles. The number of hydrogen-bond acceptors (Lipinski definition) is 2. The fourth-order valence-electron chi connectivity index (χ4n) is 1.39. The van der Waals surface area contributed by atoms with E-state index in [1.807, 2.05) is 13.0 Å². The molecule has 0 aromatic carbocycles. The molecule has 1 unspecified atom stereocenters. The van der Waals surface area contributed by atoms with Gasteiger partial charge in [-0.2, -0.15) is 0 Å². The van der Waals surface area contributed by atoms with Crippen LogP contribution in [0.5, 0.6) is 0 Å². The number of carbonyl (C=O) groups excluding carboxylic acids is 1. The first-order valence-corrected chi connectivity index (χ1v) is 5.13. The minimum atomic E-state index is 0.0749. The Morgan fingerprint density at radius 3 is 3.13 bits per heavy atom. The summed E-state index contributed by atoms with van der Waals surface area (Å²) >= 11 is 0. The van der Waals surface area contributed by atoms with Gasteiger partial charge in [-0.1, -0.05) is 6.08 Å². The van der Waals surface area contributed by atoms with Crippen LogP contribution in [0, 0.1) is 0 Å². The van der Waals surface area contributed by atoms with Crippen molar-refractivity contribution in [1.82, 2.24) is 5.32 Å². The molecule has 0 saturated heterocycles. The van der Waals surface area contributed by atoms with Gasteiger partial charge in [0.05, 0.1) is 12.5 Å². The zero-order valence-corrected chi connectivity index (χ0v) is 9.03. The second-order valence-electron chi connectivity index (χ2n) is 3.63. The molecule has 0 bridgehead atoms. The van der Waals surface area contributed by atoms with E-state index in [0.29, 0.717) is 6.42 Å². The van der Waals surface area contributed by atoms with Gasteiger partial charge in [0, 0.05) is 12.5 Å². The third kappa shape index (κ3) is 4.49. The molecule has 0 saturated carbocycles. The maximum atomic E-state index is 11.4. The van der Waals surface area contributed by atoms with Crippen LogP contribution in [0.3, 0.4) is 0 Å². The lowest BCUT2D eigenvalue weighted by Crippen LogP contribution is -2.33. The van der Waals surface area contributed by atoms with E-state index in [1.165, 1.54) is 0 Å². The molecule has 1 heterocycles. The number of nitrogens with one attached hydrogen (secondary N) is 1. The van der Waals surface area contributed by atoms with Crippen molar-refractivity contribution in [2.45, 2.75) is 32.2 Å². The standard InChI is InChI=1S/C12H17NO2/c1-3-4-5-12(14)13-10(2)8-11-6-7-15-9-11/h3,6-7,9-10H,1,4-5,8H2,2H3,(H,13,14). The van der Waals surface area contributed by atoms with Crippen LogP contribution >= 0.6 is 0 Å². The smallest absolute Gasteiger partial charge is 0.220 e. The highest BCUT2D eigenvalue weighted by Crippen LogP contribution is 2.04. The molecule has 3 nitrogen and oxygen atoms in total. The zero-order valence-electron chi connectivity index (χ0n) is 9.03. The first-order chi connectivity index (χ1) is 7.22. The summed E-state index contributed by atoms with van der Waals surface area (Å²) in [5.74, 6) is 0.0749. The van der Waals surface area contributed by atoms with Crippen molar-refractivity contribution in [3.8, 4) is 0 Å². The summed E-state index contributed by atoms with van der Waals surface area (Å²) in [4.78, 5) is 11.4. The van der Waals surface area contributed by atoms with Gasteiger partial charge in [-0.3, -0.25) is 4.79 Å². The number of rotatable bonds is 6. The lowest BCUT2D eigenvalue weighted by Gasteiger charge is -2.12. The molecule has 1 amide bonds. The molecule has 1 N–H and O–H groups in total. The Hall–Kier alpha value is -1.51. The number of allylic oxidation sites excluding steroid dienone is 1. The molecule has 0 fully saturated rings. The quantitative estimate of drug-likeness (QED) is 0.727. The highest BCUT2D eigenvalue weighted by Gasteiger charge is 2.07. The second-order valence-corrected chi connectivity index (χ2v) is 3.63. The van der Waals surface area contributed by atoms with Gasteiger partial charge in [0.1, 0.15) is 0 Å². The van der Waals surface area contributed by atoms with Gasteiger partial charge in [-0.05, 0) is 31.4 Å². The van der Waals surface area contributed by atoms with E-state index in [1.54, 1.807) is 18.6 Å². The van der Waals surface area contributed by atoms with E-state index in [4.69, 9.17) is 4.42 Å². The molecular weight excluding hydrogens is 190 g/mol. The molecule has 15 heavy (non-hydrogen) atoms. The summed E-state index contributed by atoms with van der Waals surface area (Å²) in [5.41, 5.74) is 1.10. The van der Waals surface area contributed by atoms with Gasteiger partial charge in [-0.15, -0.1) is 6.58 Å². The fourth-order valence-corrected chi connectivity index (χ4v) is 1.39. The minimum absolute atomic E-state index is 0.0749. The summed E-state index contributed by atoms with van der Waals surface area (Å²) < 4.78 is 4.96. The van der Waals surface area contributed by atoms with Gasteiger partial charge in [-0.25, -0.2) is 0 Å². The molecule has 0 spiro atoms. The Bertz CT molecular complexity index is 303. The maximum Gasteiger partial charge on any atom is 0.220 e. The highest BCUT2D eigenvalue weighted by atomic mass is 16.3. The fraction of sp³-hybridized carbons (Fsp3) is 0.417. The van der Waals surface area contributed by atoms with Gasteiger partial charge in [0.2, 0.25) is 5.91 Å². The number of amides is 1. The number of furan rings is 1. The summed E-state index contributed by atoms with van der Waals surface area (Å²) in [6.07, 6.45) is 7.13. The van der Waals surface area contributed by atoms with E-state index >= 15 is 0 Å². The normalized spacial score (nSPS) is 12.1. The average Bonchev–Trinajstić information content (AvgIpc) is 2.67. The molecule has 3 heteroatoms. The van der Waals surface area contributed by atoms with Crippen LogP contribution in [0.25, 0.3) is 0 Å². The molecule has 1 aromatic heterocycles. The summed E-state index contributed by atoms with van der Waals surface area (Å²) in [5, 5.41) is 2.92. The average molecular weight is 207 g/mol. The van der Waals surface area contributed by atoms with E-state index in [9.17, 15) is 4.79 Å². The van der Waals surface area contributed by atoms with Crippen LogP contribution in [0.1, 0.15) is 25.3 Å². The topological polar surface area (TPSA) is 42.2 Å². The van der Waals surface area contributed by atoms with Gasteiger partial charge >= 0.3 is 0 Å². The molecule has 82 valence electrons. The Kier molecular flexibility index (Phi) is 4.68. The third-order valence-electron chi connectivity index (χ3n) is 2.10. The number of carbonyl (C=O) groups is 1. The summed E-state index contributed by atoms with van der Waals surface area (Å²) in [7, 11) is 0. The molecule has 0 aliphatic heterocycles. The van der Waals surface area contributed by atoms with Crippen LogP contribution in [-0.4, -0.2) is 11.9 Å². The Labute approximate surface area is 90.2 Å². The molecule has 1 aromatic rings. The van der Waals surface area contributed by atoms with E-state index < -0.39 is 0 Å². The van der Waals surface area contributed by atoms with Crippen molar-refractivity contribution in [3.05, 3.63) is 36.8 Å². The second kappa shape index (κ2) is 6.06. The lowest BCUT2D eigenvalue weighted by atomic mass is 10.1. The Balaban J connectivity index is 2.26. The summed E-state index contributed by atoms with van der Waals surface area (Å²) in [6.45, 7) is 5.57. The van der Waals surface area contributed by atoms with Crippen LogP contribution in [0.2, 0.25) is 0 Å². The van der Waals surface area contributed by atoms with Crippen molar-refractivity contribution in [2.75, 3.05) is 0 Å². The SMILES string of the molecule is C=CCCC(=O)NC(C)Cc1ccoc1. The largest absolute Gasteiger partial charge is 0.472 e. The van der Waals surface area contributed by atoms with Crippen LogP contribution < -0.4 is 5.32 Å². The zero-order chi connectivity index (χ0) is 11.1. The van der Waals surface area contributed by atoms with Gasteiger partial charge in [0.25, 0.3) is 0 Å². The predicted octanol–water partition coefficient (Wildman–Crippen LogP) is 2.29. The van der Waals surface area contributed by atoms with Gasteiger partial charge in [0.15, 0.2) is 0 Å². The molecule has 1 atom stereocenters. The molecule has 1 rings (SSSR count). The minimum Gasteiger partial charge on any atom is -0.472 e. The Morgan fingerprint density at radius 1 is 1.73 bits per heavy atom. The van der Waals surface area contributed by atoms with Crippen molar-refractivity contribution in [2.24, 2.45) is 0 Å². The van der Waals surface area contributed by atoms with Gasteiger partial charge < -0.3 is 9.73 Å². The molecule has 0 aliphatic rings. The maximum absolute atomic E-state index is 11.4. The first kappa shape index (κ1) is 11.6. The van der Waals surface area contributed by atoms with E-state index in [2.05, 4.69) is 11.9 Å². The highest BCUT2D eigenvalue weighted by molar-refractivity contribution is 5.76. The predicted molar refractivity (Wildman–Crippen MR) is 59.4 cm³/mol. The third-order valence-corrected chi connectivity index (χ3v) is 2.10. The lowest BCUT2D eigenvalue weighted by molar-refractivity contribution is -0.121. The van der Waals surface area contributed by atoms with Crippen LogP contribution in [-0.2, 0) is 11.2 Å². The van der Waals surface area contributed by atoms with Crippen LogP contribution in [0.15, 0.2) is 35.7 Å². The van der Waals surface area contributed by atoms with Crippen molar-refractivity contribution in [1.29, 1.82) is 0 Å². The first-order valence-electron chi connectivity index (χ1n) is 5.13. The van der Waals surface area contributed by atoms with Crippen LogP contribution in [0.4, 0.5) is 0 Å². The summed E-state index contributed by atoms with van der Waals surface area (Å²) in [6, 6.07) is 2.05. The van der Waals surface area contributed by atoms with E-state index in [0.717, 1.165) is 18.4 Å². The molecule has 0 radical (unpaired) electrons. The monoisotopic (exact) mass is 207 g/mol. The van der Waals surface area contributed by atoms with Crippen molar-refractivity contribution >= 4 is 5.91 Å². The number of hydrogen-bond donors (Lipinski definition) is 1. The Morgan fingerprint density at radius 2 is 2.53 bits per heavy atom. The van der Waals surface area contributed by atoms with E-state index in [-0.39, 0.29) is 11.9 Å².